The fourth-order valence-corrected chi connectivity index (χ4v) is 2.49. The second-order valence-electron chi connectivity index (χ2n) is 5.59. The van der Waals surface area contributed by atoms with Crippen LogP contribution in [0.5, 0.6) is 5.75 Å². The van der Waals surface area contributed by atoms with Gasteiger partial charge in [0.2, 0.25) is 5.79 Å². The summed E-state index contributed by atoms with van der Waals surface area (Å²) in [6, 6.07) is 0. The van der Waals surface area contributed by atoms with E-state index in [1.807, 2.05) is 20.8 Å². The standard InChI is InChI=1S/C14H19NO3/c1-8-13-11(7-17-14(2,3)18-13)10(6-16)12(15-8)9-4-5-9/h9,16H,4-7H2,1-3H3. The highest BCUT2D eigenvalue weighted by atomic mass is 16.7. The zero-order valence-corrected chi connectivity index (χ0v) is 11.1. The van der Waals surface area contributed by atoms with Crippen LogP contribution in [-0.2, 0) is 18.0 Å². The Labute approximate surface area is 107 Å². The first-order chi connectivity index (χ1) is 8.52. The number of ether oxygens (including phenoxy) is 2. The Bertz CT molecular complexity index is 492. The van der Waals surface area contributed by atoms with Gasteiger partial charge in [0, 0.05) is 36.6 Å². The summed E-state index contributed by atoms with van der Waals surface area (Å²) in [5.74, 6) is 0.693. The number of hydrogen-bond acceptors (Lipinski definition) is 4. The summed E-state index contributed by atoms with van der Waals surface area (Å²) in [5.41, 5.74) is 3.83. The van der Waals surface area contributed by atoms with E-state index in [-0.39, 0.29) is 6.61 Å². The van der Waals surface area contributed by atoms with Crippen molar-refractivity contribution in [3.63, 3.8) is 0 Å². The Morgan fingerprint density at radius 1 is 1.39 bits per heavy atom. The maximum absolute atomic E-state index is 9.62. The number of nitrogens with zero attached hydrogens (tertiary/aromatic N) is 1. The molecule has 3 rings (SSSR count). The van der Waals surface area contributed by atoms with Gasteiger partial charge in [0.1, 0.15) is 5.75 Å². The zero-order chi connectivity index (χ0) is 12.9. The molecule has 0 radical (unpaired) electrons. The molecule has 0 aromatic carbocycles. The minimum Gasteiger partial charge on any atom is -0.461 e. The molecule has 1 saturated carbocycles. The predicted octanol–water partition coefficient (Wildman–Crippen LogP) is 2.40. The molecule has 0 bridgehead atoms. The van der Waals surface area contributed by atoms with Gasteiger partial charge in [-0.25, -0.2) is 0 Å². The third kappa shape index (κ3) is 1.89. The number of fused-ring (bicyclic) bond motifs is 1. The number of aromatic nitrogens is 1. The summed E-state index contributed by atoms with van der Waals surface area (Å²) < 4.78 is 11.5. The average molecular weight is 249 g/mol. The van der Waals surface area contributed by atoms with Crippen LogP contribution >= 0.6 is 0 Å². The minimum absolute atomic E-state index is 0.00853. The SMILES string of the molecule is Cc1nc(C2CC2)c(CO)c2c1OC(C)(C)OC2. The third-order valence-electron chi connectivity index (χ3n) is 3.60. The number of aliphatic hydroxyl groups excluding tert-OH is 1. The molecule has 0 spiro atoms. The summed E-state index contributed by atoms with van der Waals surface area (Å²) in [6.45, 7) is 6.24. The fraction of sp³-hybridized carbons (Fsp3) is 0.643. The summed E-state index contributed by atoms with van der Waals surface area (Å²) in [7, 11) is 0. The van der Waals surface area contributed by atoms with Gasteiger partial charge in [-0.1, -0.05) is 0 Å². The Morgan fingerprint density at radius 2 is 2.11 bits per heavy atom. The molecule has 1 fully saturated rings. The van der Waals surface area contributed by atoms with Crippen molar-refractivity contribution in [1.82, 2.24) is 4.98 Å². The Hall–Kier alpha value is -1.13. The maximum atomic E-state index is 9.62. The highest BCUT2D eigenvalue weighted by molar-refractivity contribution is 5.47. The van der Waals surface area contributed by atoms with Crippen LogP contribution in [0.1, 0.15) is 55.1 Å². The molecule has 0 atom stereocenters. The quantitative estimate of drug-likeness (QED) is 0.874. The largest absolute Gasteiger partial charge is 0.461 e. The van der Waals surface area contributed by atoms with E-state index >= 15 is 0 Å². The lowest BCUT2D eigenvalue weighted by molar-refractivity contribution is -0.181. The smallest absolute Gasteiger partial charge is 0.205 e. The molecule has 98 valence electrons. The first-order valence-corrected chi connectivity index (χ1v) is 6.48. The number of aryl methyl sites for hydroxylation is 1. The molecular weight excluding hydrogens is 230 g/mol. The van der Waals surface area contributed by atoms with Crippen LogP contribution in [0.25, 0.3) is 0 Å². The minimum atomic E-state index is -0.618. The summed E-state index contributed by atoms with van der Waals surface area (Å²) in [4.78, 5) is 4.64. The molecule has 1 aromatic rings. The van der Waals surface area contributed by atoms with Gasteiger partial charge in [0.25, 0.3) is 0 Å². The van der Waals surface area contributed by atoms with Crippen molar-refractivity contribution in [3.8, 4) is 5.75 Å². The van der Waals surface area contributed by atoms with E-state index < -0.39 is 5.79 Å². The predicted molar refractivity (Wildman–Crippen MR) is 66.4 cm³/mol. The van der Waals surface area contributed by atoms with Gasteiger partial charge in [-0.15, -0.1) is 0 Å². The number of aliphatic hydroxyl groups is 1. The van der Waals surface area contributed by atoms with Gasteiger partial charge in [0.15, 0.2) is 0 Å². The zero-order valence-electron chi connectivity index (χ0n) is 11.1. The molecule has 1 N–H and O–H groups in total. The van der Waals surface area contributed by atoms with Crippen molar-refractivity contribution in [2.45, 2.75) is 58.5 Å². The number of pyridine rings is 1. The molecular formula is C14H19NO3. The topological polar surface area (TPSA) is 51.6 Å². The summed E-state index contributed by atoms with van der Waals surface area (Å²) >= 11 is 0. The molecule has 2 aliphatic rings. The second-order valence-corrected chi connectivity index (χ2v) is 5.59. The Kier molecular flexibility index (Phi) is 2.61. The average Bonchev–Trinajstić information content (AvgIpc) is 3.12. The molecule has 4 nitrogen and oxygen atoms in total. The highest BCUT2D eigenvalue weighted by Crippen LogP contribution is 2.45. The van der Waals surface area contributed by atoms with E-state index in [4.69, 9.17) is 9.47 Å². The van der Waals surface area contributed by atoms with Crippen LogP contribution in [0.2, 0.25) is 0 Å². The molecule has 0 unspecified atom stereocenters. The monoisotopic (exact) mass is 249 g/mol. The maximum Gasteiger partial charge on any atom is 0.205 e. The van der Waals surface area contributed by atoms with E-state index in [9.17, 15) is 5.11 Å². The molecule has 18 heavy (non-hydrogen) atoms. The van der Waals surface area contributed by atoms with Gasteiger partial charge < -0.3 is 14.6 Å². The number of hydrogen-bond donors (Lipinski definition) is 1. The van der Waals surface area contributed by atoms with Crippen LogP contribution in [-0.4, -0.2) is 15.9 Å². The van der Waals surface area contributed by atoms with Gasteiger partial charge >= 0.3 is 0 Å². The van der Waals surface area contributed by atoms with Crippen LogP contribution in [0.3, 0.4) is 0 Å². The van der Waals surface area contributed by atoms with Crippen LogP contribution in [0.4, 0.5) is 0 Å². The molecule has 1 aromatic heterocycles. The second kappa shape index (κ2) is 3.93. The normalized spacial score (nSPS) is 21.3. The van der Waals surface area contributed by atoms with Gasteiger partial charge in [-0.05, 0) is 19.8 Å². The summed E-state index contributed by atoms with van der Waals surface area (Å²) in [5, 5.41) is 9.62. The molecule has 1 aliphatic carbocycles. The van der Waals surface area contributed by atoms with Crippen molar-refractivity contribution in [2.24, 2.45) is 0 Å². The van der Waals surface area contributed by atoms with E-state index in [1.165, 1.54) is 12.8 Å². The van der Waals surface area contributed by atoms with Crippen molar-refractivity contribution in [2.75, 3.05) is 0 Å². The highest BCUT2D eigenvalue weighted by Gasteiger charge is 2.35. The lowest BCUT2D eigenvalue weighted by Crippen LogP contribution is -2.36. The summed E-state index contributed by atoms with van der Waals surface area (Å²) in [6.07, 6.45) is 2.34. The molecule has 1 aliphatic heterocycles. The Morgan fingerprint density at radius 3 is 2.72 bits per heavy atom. The molecule has 0 amide bonds. The van der Waals surface area contributed by atoms with E-state index in [0.29, 0.717) is 12.5 Å². The first-order valence-electron chi connectivity index (χ1n) is 6.48. The lowest BCUT2D eigenvalue weighted by Gasteiger charge is -2.34. The molecule has 4 heteroatoms. The van der Waals surface area contributed by atoms with Crippen molar-refractivity contribution < 1.29 is 14.6 Å². The van der Waals surface area contributed by atoms with Crippen molar-refractivity contribution in [3.05, 3.63) is 22.5 Å². The van der Waals surface area contributed by atoms with Crippen LogP contribution < -0.4 is 4.74 Å². The third-order valence-corrected chi connectivity index (χ3v) is 3.60. The van der Waals surface area contributed by atoms with E-state index in [1.54, 1.807) is 0 Å². The molecule has 0 saturated heterocycles. The van der Waals surface area contributed by atoms with Gasteiger partial charge in [-0.2, -0.15) is 0 Å². The van der Waals surface area contributed by atoms with Crippen LogP contribution in [0.15, 0.2) is 0 Å². The first kappa shape index (κ1) is 11.9. The van der Waals surface area contributed by atoms with E-state index in [2.05, 4.69) is 4.98 Å². The number of rotatable bonds is 2. The Balaban J connectivity index is 2.12. The van der Waals surface area contributed by atoms with Gasteiger partial charge in [-0.3, -0.25) is 4.98 Å². The van der Waals surface area contributed by atoms with Gasteiger partial charge in [0.05, 0.1) is 18.9 Å². The van der Waals surface area contributed by atoms with Crippen LogP contribution in [0, 0.1) is 6.92 Å². The fourth-order valence-electron chi connectivity index (χ4n) is 2.49. The van der Waals surface area contributed by atoms with E-state index in [0.717, 1.165) is 28.3 Å². The lowest BCUT2D eigenvalue weighted by atomic mass is 10.0. The van der Waals surface area contributed by atoms with Crippen molar-refractivity contribution >= 4 is 0 Å². The van der Waals surface area contributed by atoms with Crippen molar-refractivity contribution in [1.29, 1.82) is 0 Å². The molecule has 2 heterocycles.